The van der Waals surface area contributed by atoms with E-state index in [0.29, 0.717) is 0 Å². The van der Waals surface area contributed by atoms with E-state index in [1.807, 2.05) is 0 Å². The largest absolute Gasteiger partial charge is 0.311 e. The number of rotatable bonds is 6. The molecule has 8 aromatic rings. The molecule has 8 aromatic carbocycles. The third kappa shape index (κ3) is 7.52. The predicted octanol–water partition coefficient (Wildman–Crippen LogP) is 17.1. The van der Waals surface area contributed by atoms with Crippen LogP contribution in [0.1, 0.15) is 134 Å². The van der Waals surface area contributed by atoms with Crippen LogP contribution >= 0.6 is 0 Å². The molecule has 2 aliphatic heterocycles. The molecule has 0 atom stereocenters. The molecule has 0 saturated carbocycles. The number of hydrogen-bond acceptors (Lipinski definition) is 3. The normalized spacial score (nSPS) is 17.3. The molecule has 0 fully saturated rings. The lowest BCUT2D eigenvalue weighted by Gasteiger charge is -2.48. The Kier molecular flexibility index (Phi) is 10.6. The second-order valence-electron chi connectivity index (χ2n) is 25.8. The summed E-state index contributed by atoms with van der Waals surface area (Å²) in [6.45, 7) is 31.4. The van der Waals surface area contributed by atoms with Crippen molar-refractivity contribution in [2.75, 3.05) is 14.7 Å². The highest BCUT2D eigenvalue weighted by molar-refractivity contribution is 7.00. The van der Waals surface area contributed by atoms with E-state index in [-0.39, 0.29) is 33.8 Å². The average Bonchev–Trinajstić information content (AvgIpc) is 3.54. The molecule has 3 nitrogen and oxygen atoms in total. The van der Waals surface area contributed by atoms with E-state index < -0.39 is 0 Å². The minimum absolute atomic E-state index is 0.00279. The Morgan fingerprint density at radius 1 is 0.411 bits per heavy atom. The summed E-state index contributed by atoms with van der Waals surface area (Å²) in [5, 5.41) is 0. The number of hydrogen-bond donors (Lipinski definition) is 0. The standard InChI is InChI=1S/C69H72BN3/c1-44-35-48(65(3,4)5)30-32-58(44)72-60-37-47(46-23-17-14-18-24-46)29-31-56(60)70-57-40-53-54(67(8,9)34-33-66(53,6)7)42-61(57)73(59-41-55-52(36-45(59)2)68(10,11)43-69(55,12)13)63-39-51(38-62(72)64(63)70)71(49-25-19-15-20-26-49)50-27-21-16-22-28-50/h14-32,35-42H,33-34,43H2,1-13H3. The van der Waals surface area contributed by atoms with E-state index in [2.05, 4.69) is 269 Å². The molecule has 4 heteroatoms. The van der Waals surface area contributed by atoms with Crippen LogP contribution in [0.15, 0.2) is 164 Å². The van der Waals surface area contributed by atoms with E-state index in [1.54, 1.807) is 0 Å². The van der Waals surface area contributed by atoms with Crippen LogP contribution in [0.2, 0.25) is 0 Å². The zero-order valence-electron chi connectivity index (χ0n) is 45.6. The van der Waals surface area contributed by atoms with Gasteiger partial charge >= 0.3 is 0 Å². The molecule has 2 heterocycles. The van der Waals surface area contributed by atoms with Crippen LogP contribution in [0.5, 0.6) is 0 Å². The summed E-state index contributed by atoms with van der Waals surface area (Å²) in [6.07, 6.45) is 3.42. The fourth-order valence-corrected chi connectivity index (χ4v) is 13.8. The first kappa shape index (κ1) is 47.2. The van der Waals surface area contributed by atoms with Gasteiger partial charge in [0.1, 0.15) is 0 Å². The van der Waals surface area contributed by atoms with E-state index >= 15 is 0 Å². The van der Waals surface area contributed by atoms with Crippen molar-refractivity contribution < 1.29 is 0 Å². The number of nitrogens with zero attached hydrogens (tertiary/aromatic N) is 3. The third-order valence-corrected chi connectivity index (χ3v) is 17.6. The summed E-state index contributed by atoms with van der Waals surface area (Å²) in [6, 6.07) is 63.1. The molecule has 0 spiro atoms. The van der Waals surface area contributed by atoms with E-state index in [9.17, 15) is 0 Å². The molecule has 12 rings (SSSR count). The Morgan fingerprint density at radius 3 is 1.48 bits per heavy atom. The van der Waals surface area contributed by atoms with E-state index in [4.69, 9.17) is 0 Å². The molecule has 0 bridgehead atoms. The zero-order chi connectivity index (χ0) is 51.1. The minimum atomic E-state index is -0.0336. The molecule has 2 aliphatic carbocycles. The quantitative estimate of drug-likeness (QED) is 0.154. The van der Waals surface area contributed by atoms with Gasteiger partial charge < -0.3 is 14.7 Å². The average molecular weight is 954 g/mol. The van der Waals surface area contributed by atoms with Crippen LogP contribution in [0.4, 0.5) is 51.2 Å². The number of benzene rings is 8. The third-order valence-electron chi connectivity index (χ3n) is 17.6. The highest BCUT2D eigenvalue weighted by Gasteiger charge is 2.49. The SMILES string of the molecule is Cc1cc(C(C)(C)C)ccc1N1c2cc(-c3ccccc3)ccc2B2c3cc4c(cc3N(c3cc5c(cc3C)C(C)(C)CC5(C)C)c3cc(N(c5ccccc5)c5ccccc5)cc1c32)C(C)(C)CCC4(C)C. The van der Waals surface area contributed by atoms with Crippen molar-refractivity contribution in [2.45, 2.75) is 136 Å². The number of anilines is 9. The summed E-state index contributed by atoms with van der Waals surface area (Å²) in [4.78, 5) is 7.85. The van der Waals surface area contributed by atoms with Crippen LogP contribution in [0, 0.1) is 13.8 Å². The van der Waals surface area contributed by atoms with Crippen molar-refractivity contribution in [3.05, 3.63) is 203 Å². The van der Waals surface area contributed by atoms with Crippen LogP contribution < -0.4 is 31.1 Å². The fraction of sp³-hybridized carbons (Fsp3) is 0.304. The number of aryl methyl sites for hydroxylation is 2. The number of para-hydroxylation sites is 2. The van der Waals surface area contributed by atoms with Crippen molar-refractivity contribution in [3.8, 4) is 11.1 Å². The Labute approximate surface area is 437 Å². The van der Waals surface area contributed by atoms with Gasteiger partial charge in [-0.2, -0.15) is 0 Å². The van der Waals surface area contributed by atoms with Crippen molar-refractivity contribution in [3.63, 3.8) is 0 Å². The maximum absolute atomic E-state index is 2.73. The lowest BCUT2D eigenvalue weighted by Crippen LogP contribution is -2.62. The van der Waals surface area contributed by atoms with Gasteiger partial charge in [-0.1, -0.05) is 179 Å². The van der Waals surface area contributed by atoms with Crippen LogP contribution in [-0.4, -0.2) is 6.71 Å². The van der Waals surface area contributed by atoms with Crippen LogP contribution in [0.3, 0.4) is 0 Å². The van der Waals surface area contributed by atoms with Gasteiger partial charge in [-0.15, -0.1) is 0 Å². The van der Waals surface area contributed by atoms with Gasteiger partial charge in [0.15, 0.2) is 0 Å². The molecule has 4 aliphatic rings. The van der Waals surface area contributed by atoms with Gasteiger partial charge in [0, 0.05) is 45.5 Å². The monoisotopic (exact) mass is 954 g/mol. The Balaban J connectivity index is 1.26. The van der Waals surface area contributed by atoms with Crippen molar-refractivity contribution in [1.82, 2.24) is 0 Å². The van der Waals surface area contributed by atoms with Crippen molar-refractivity contribution in [1.29, 1.82) is 0 Å². The van der Waals surface area contributed by atoms with Crippen LogP contribution in [-0.2, 0) is 27.1 Å². The topological polar surface area (TPSA) is 9.72 Å². The van der Waals surface area contributed by atoms with Crippen molar-refractivity contribution >= 4 is 74.3 Å². The van der Waals surface area contributed by atoms with Crippen molar-refractivity contribution in [2.24, 2.45) is 0 Å². The molecule has 0 radical (unpaired) electrons. The van der Waals surface area contributed by atoms with Crippen LogP contribution in [0.25, 0.3) is 11.1 Å². The summed E-state index contributed by atoms with van der Waals surface area (Å²) in [5.41, 5.74) is 27.3. The molecule has 73 heavy (non-hydrogen) atoms. The van der Waals surface area contributed by atoms with E-state index in [1.165, 1.54) is 101 Å². The first-order valence-corrected chi connectivity index (χ1v) is 27.0. The first-order chi connectivity index (χ1) is 34.6. The maximum atomic E-state index is 2.73. The Hall–Kier alpha value is -6.78. The summed E-state index contributed by atoms with van der Waals surface area (Å²) in [7, 11) is 0. The second-order valence-corrected chi connectivity index (χ2v) is 25.8. The van der Waals surface area contributed by atoms with Gasteiger partial charge in [-0.25, -0.2) is 0 Å². The molecule has 0 aromatic heterocycles. The molecular weight excluding hydrogens is 882 g/mol. The molecular formula is C69H72BN3. The van der Waals surface area contributed by atoms with Gasteiger partial charge in [0.2, 0.25) is 0 Å². The minimum Gasteiger partial charge on any atom is -0.311 e. The fourth-order valence-electron chi connectivity index (χ4n) is 13.8. The highest BCUT2D eigenvalue weighted by Crippen LogP contribution is 2.56. The van der Waals surface area contributed by atoms with Gasteiger partial charge in [0.05, 0.1) is 5.69 Å². The molecule has 0 unspecified atom stereocenters. The first-order valence-electron chi connectivity index (χ1n) is 27.0. The Bertz CT molecular complexity index is 3460. The van der Waals surface area contributed by atoms with Gasteiger partial charge in [0.25, 0.3) is 6.71 Å². The number of fused-ring (bicyclic) bond motifs is 6. The molecule has 0 saturated heterocycles. The van der Waals surface area contributed by atoms with Gasteiger partial charge in [-0.3, -0.25) is 0 Å². The smallest absolute Gasteiger partial charge is 0.252 e. The lowest BCUT2D eigenvalue weighted by atomic mass is 9.33. The summed E-state index contributed by atoms with van der Waals surface area (Å²) < 4.78 is 0. The highest BCUT2D eigenvalue weighted by atomic mass is 15.2. The van der Waals surface area contributed by atoms with Gasteiger partial charge in [-0.05, 0) is 187 Å². The van der Waals surface area contributed by atoms with E-state index in [0.717, 1.165) is 36.3 Å². The molecule has 366 valence electrons. The summed E-state index contributed by atoms with van der Waals surface area (Å²) in [5.74, 6) is 0. The maximum Gasteiger partial charge on any atom is 0.252 e. The molecule has 0 N–H and O–H groups in total. The predicted molar refractivity (Wildman–Crippen MR) is 315 cm³/mol. The lowest BCUT2D eigenvalue weighted by molar-refractivity contribution is 0.332. The molecule has 0 amide bonds. The second kappa shape index (κ2) is 16.4. The zero-order valence-corrected chi connectivity index (χ0v) is 45.6. The summed E-state index contributed by atoms with van der Waals surface area (Å²) >= 11 is 0. The Morgan fingerprint density at radius 2 is 0.904 bits per heavy atom.